The number of rotatable bonds is 55. The first kappa shape index (κ1) is 62.1. The van der Waals surface area contributed by atoms with Gasteiger partial charge in [-0.15, -0.1) is 0 Å². The van der Waals surface area contributed by atoms with Crippen molar-refractivity contribution in [3.63, 3.8) is 0 Å². The zero-order valence-electron chi connectivity index (χ0n) is 43.4. The summed E-state index contributed by atoms with van der Waals surface area (Å²) in [5, 5.41) is 23.3. The lowest BCUT2D eigenvalue weighted by Gasteiger charge is -2.22. The highest BCUT2D eigenvalue weighted by molar-refractivity contribution is 5.76. The molecule has 0 saturated carbocycles. The number of amides is 1. The molecule has 0 aliphatic heterocycles. The Balaban J connectivity index is 3.39. The molecule has 1 amide bonds. The molecule has 63 heavy (non-hydrogen) atoms. The van der Waals surface area contributed by atoms with Crippen molar-refractivity contribution in [2.45, 2.75) is 353 Å². The van der Waals surface area contributed by atoms with Crippen LogP contribution in [0.25, 0.3) is 0 Å². The van der Waals surface area contributed by atoms with E-state index >= 15 is 0 Å². The fourth-order valence-electron chi connectivity index (χ4n) is 9.54. The van der Waals surface area contributed by atoms with Crippen LogP contribution in [-0.4, -0.2) is 34.9 Å². The molecule has 4 heteroatoms. The predicted octanol–water partition coefficient (Wildman–Crippen LogP) is 19.3. The summed E-state index contributed by atoms with van der Waals surface area (Å²) in [7, 11) is 0. The summed E-state index contributed by atoms with van der Waals surface area (Å²) in [6.45, 7) is 4.40. The van der Waals surface area contributed by atoms with Crippen molar-refractivity contribution >= 4 is 5.91 Å². The molecule has 0 aliphatic carbocycles. The average Bonchev–Trinajstić information content (AvgIpc) is 3.29. The summed E-state index contributed by atoms with van der Waals surface area (Å²) in [5.74, 6) is -0.0238. The molecule has 0 radical (unpaired) electrons. The molecule has 0 aromatic rings. The highest BCUT2D eigenvalue weighted by atomic mass is 16.3. The Morgan fingerprint density at radius 1 is 0.365 bits per heavy atom. The van der Waals surface area contributed by atoms with Gasteiger partial charge in [-0.2, -0.15) is 0 Å². The van der Waals surface area contributed by atoms with Gasteiger partial charge in [0, 0.05) is 6.42 Å². The first-order valence-corrected chi connectivity index (χ1v) is 29.4. The second-order valence-electron chi connectivity index (χ2n) is 20.4. The first-order chi connectivity index (χ1) is 31.2. The molecule has 0 rings (SSSR count). The lowest BCUT2D eigenvalue weighted by molar-refractivity contribution is -0.123. The molecule has 0 bridgehead atoms. The van der Waals surface area contributed by atoms with Crippen LogP contribution in [-0.2, 0) is 4.79 Å². The topological polar surface area (TPSA) is 69.6 Å². The highest BCUT2D eigenvalue weighted by Gasteiger charge is 2.20. The van der Waals surface area contributed by atoms with Crippen molar-refractivity contribution < 1.29 is 15.0 Å². The quantitative estimate of drug-likeness (QED) is 0.0421. The maximum Gasteiger partial charge on any atom is 0.220 e. The van der Waals surface area contributed by atoms with E-state index in [1.807, 2.05) is 0 Å². The fourth-order valence-corrected chi connectivity index (χ4v) is 9.54. The summed E-state index contributed by atoms with van der Waals surface area (Å²) >= 11 is 0. The number of allylic oxidation sites excluding steroid dienone is 2. The zero-order chi connectivity index (χ0) is 45.6. The normalized spacial score (nSPS) is 12.8. The van der Waals surface area contributed by atoms with Gasteiger partial charge in [0.05, 0.1) is 18.8 Å². The van der Waals surface area contributed by atoms with E-state index in [0.29, 0.717) is 12.8 Å². The number of hydrogen-bond acceptors (Lipinski definition) is 3. The summed E-state index contributed by atoms with van der Waals surface area (Å²) in [5.41, 5.74) is 0. The third kappa shape index (κ3) is 52.0. The zero-order valence-corrected chi connectivity index (χ0v) is 43.4. The molecule has 376 valence electrons. The van der Waals surface area contributed by atoms with Gasteiger partial charge >= 0.3 is 0 Å². The molecule has 0 aromatic heterocycles. The molecular formula is C59H117NO3. The van der Waals surface area contributed by atoms with Crippen molar-refractivity contribution in [1.82, 2.24) is 5.32 Å². The maximum atomic E-state index is 12.5. The van der Waals surface area contributed by atoms with Gasteiger partial charge in [0.2, 0.25) is 5.91 Å². The molecule has 0 heterocycles. The molecule has 0 aromatic carbocycles. The number of carbonyl (C=O) groups is 1. The van der Waals surface area contributed by atoms with Gasteiger partial charge < -0.3 is 15.5 Å². The van der Waals surface area contributed by atoms with Gasteiger partial charge in [-0.25, -0.2) is 0 Å². The van der Waals surface area contributed by atoms with E-state index in [4.69, 9.17) is 0 Å². The number of carbonyl (C=O) groups excluding carboxylic acids is 1. The molecule has 3 N–H and O–H groups in total. The van der Waals surface area contributed by atoms with Gasteiger partial charge in [0.1, 0.15) is 0 Å². The minimum atomic E-state index is -0.656. The van der Waals surface area contributed by atoms with E-state index in [0.717, 1.165) is 25.7 Å². The Bertz CT molecular complexity index is 875. The Labute approximate surface area is 397 Å². The lowest BCUT2D eigenvalue weighted by atomic mass is 10.0. The first-order valence-electron chi connectivity index (χ1n) is 29.4. The highest BCUT2D eigenvalue weighted by Crippen LogP contribution is 2.18. The van der Waals surface area contributed by atoms with E-state index in [-0.39, 0.29) is 12.5 Å². The number of nitrogens with one attached hydrogen (secondary N) is 1. The largest absolute Gasteiger partial charge is 0.394 e. The van der Waals surface area contributed by atoms with Crippen molar-refractivity contribution in [2.24, 2.45) is 0 Å². The van der Waals surface area contributed by atoms with E-state index < -0.39 is 12.1 Å². The molecule has 0 fully saturated rings. The van der Waals surface area contributed by atoms with Crippen LogP contribution in [0.4, 0.5) is 0 Å². The van der Waals surface area contributed by atoms with E-state index in [2.05, 4.69) is 31.3 Å². The van der Waals surface area contributed by atoms with E-state index in [1.165, 1.54) is 289 Å². The van der Waals surface area contributed by atoms with Gasteiger partial charge in [0.15, 0.2) is 0 Å². The lowest BCUT2D eigenvalue weighted by Crippen LogP contribution is -2.45. The van der Waals surface area contributed by atoms with Crippen LogP contribution in [0, 0.1) is 0 Å². The molecule has 0 saturated heterocycles. The minimum Gasteiger partial charge on any atom is -0.394 e. The van der Waals surface area contributed by atoms with Crippen molar-refractivity contribution in [2.75, 3.05) is 6.61 Å². The van der Waals surface area contributed by atoms with Crippen LogP contribution in [0.2, 0.25) is 0 Å². The third-order valence-electron chi connectivity index (χ3n) is 14.0. The smallest absolute Gasteiger partial charge is 0.220 e. The molecular weight excluding hydrogens is 771 g/mol. The third-order valence-corrected chi connectivity index (χ3v) is 14.0. The van der Waals surface area contributed by atoms with Gasteiger partial charge in [-0.1, -0.05) is 309 Å². The summed E-state index contributed by atoms with van der Waals surface area (Å²) in [4.78, 5) is 12.5. The van der Waals surface area contributed by atoms with Crippen molar-refractivity contribution in [3.8, 4) is 0 Å². The van der Waals surface area contributed by atoms with E-state index in [9.17, 15) is 15.0 Å². The monoisotopic (exact) mass is 888 g/mol. The van der Waals surface area contributed by atoms with Crippen LogP contribution in [0.1, 0.15) is 341 Å². The average molecular weight is 889 g/mol. The van der Waals surface area contributed by atoms with Crippen LogP contribution >= 0.6 is 0 Å². The van der Waals surface area contributed by atoms with Crippen LogP contribution in [0.15, 0.2) is 12.2 Å². The van der Waals surface area contributed by atoms with Gasteiger partial charge in [0.25, 0.3) is 0 Å². The predicted molar refractivity (Wildman–Crippen MR) is 281 cm³/mol. The Kier molecular flexibility index (Phi) is 54.7. The Morgan fingerprint density at radius 3 is 0.873 bits per heavy atom. The van der Waals surface area contributed by atoms with Crippen LogP contribution in [0.5, 0.6) is 0 Å². The number of aliphatic hydroxyl groups is 2. The Morgan fingerprint density at radius 2 is 0.603 bits per heavy atom. The fraction of sp³-hybridized carbons (Fsp3) is 0.949. The van der Waals surface area contributed by atoms with Gasteiger partial charge in [-0.3, -0.25) is 4.79 Å². The standard InChI is InChI=1S/C59H117NO3/c1-3-5-7-9-11-13-15-17-19-21-23-24-25-26-27-28-29-30-31-32-33-34-35-37-39-41-43-45-47-49-51-53-55-59(63)60-57(56-61)58(62)54-52-50-48-46-44-42-40-38-36-22-20-18-16-14-12-10-8-6-4-2/h26-27,57-58,61-62H,3-25,28-56H2,1-2H3,(H,60,63)/b27-26-. The molecule has 2 unspecified atom stereocenters. The minimum absolute atomic E-state index is 0.0238. The van der Waals surface area contributed by atoms with Crippen LogP contribution in [0.3, 0.4) is 0 Å². The number of aliphatic hydroxyl groups excluding tert-OH is 2. The molecule has 2 atom stereocenters. The summed E-state index contributed by atoms with van der Waals surface area (Å²) in [6.07, 6.45) is 72.1. The molecule has 0 spiro atoms. The van der Waals surface area contributed by atoms with Crippen LogP contribution < -0.4 is 5.32 Å². The van der Waals surface area contributed by atoms with Gasteiger partial charge in [-0.05, 0) is 38.5 Å². The second-order valence-corrected chi connectivity index (χ2v) is 20.4. The van der Waals surface area contributed by atoms with Crippen molar-refractivity contribution in [3.05, 3.63) is 12.2 Å². The number of unbranched alkanes of at least 4 members (excludes halogenated alkanes) is 46. The molecule has 0 aliphatic rings. The maximum absolute atomic E-state index is 12.5. The SMILES string of the molecule is CCCCCCCCCCCCCC/C=C\CCCCCCCCCCCCCCCCCCC(=O)NC(CO)C(O)CCCCCCCCCCCCCCCCCCCCC. The Hall–Kier alpha value is -0.870. The summed E-state index contributed by atoms with van der Waals surface area (Å²) in [6, 6.07) is -0.533. The number of hydrogen-bond donors (Lipinski definition) is 3. The van der Waals surface area contributed by atoms with E-state index in [1.54, 1.807) is 0 Å². The second kappa shape index (κ2) is 55.5. The van der Waals surface area contributed by atoms with Crippen molar-refractivity contribution in [1.29, 1.82) is 0 Å². The molecule has 4 nitrogen and oxygen atoms in total. The summed E-state index contributed by atoms with van der Waals surface area (Å²) < 4.78 is 0.